The van der Waals surface area contributed by atoms with Crippen LogP contribution in [0.2, 0.25) is 0 Å². The van der Waals surface area contributed by atoms with Gasteiger partial charge < -0.3 is 4.90 Å². The van der Waals surface area contributed by atoms with Crippen LogP contribution in [0, 0.1) is 13.8 Å². The number of carbonyl (C=O) groups excluding carboxylic acids is 1. The third-order valence-electron chi connectivity index (χ3n) is 4.28. The predicted octanol–water partition coefficient (Wildman–Crippen LogP) is 3.42. The molecule has 0 aliphatic carbocycles. The van der Waals surface area contributed by atoms with Gasteiger partial charge in [-0.05, 0) is 66.6 Å². The van der Waals surface area contributed by atoms with E-state index in [0.717, 1.165) is 11.4 Å². The lowest BCUT2D eigenvalue weighted by molar-refractivity contribution is -0.117. The summed E-state index contributed by atoms with van der Waals surface area (Å²) in [7, 11) is 1.78. The summed E-state index contributed by atoms with van der Waals surface area (Å²) in [6.07, 6.45) is 0. The second-order valence-corrected chi connectivity index (χ2v) is 7.44. The second-order valence-electron chi connectivity index (χ2n) is 6.13. The summed E-state index contributed by atoms with van der Waals surface area (Å²) in [6, 6.07) is 15.6. The molecule has 1 heterocycles. The maximum Gasteiger partial charge on any atom is 0.240 e. The number of para-hydroxylation sites is 1. The first-order chi connectivity index (χ1) is 12.5. The summed E-state index contributed by atoms with van der Waals surface area (Å²) in [5.41, 5.74) is 4.13. The van der Waals surface area contributed by atoms with Crippen LogP contribution in [0.15, 0.2) is 53.7 Å². The van der Waals surface area contributed by atoms with Gasteiger partial charge in [-0.15, -0.1) is 5.10 Å². The zero-order valence-electron chi connectivity index (χ0n) is 15.2. The maximum absolute atomic E-state index is 12.7. The molecule has 3 rings (SSSR count). The SMILES string of the molecule is Cc1ccc(-n2nnnc2S[C@H](C)C(=O)N(C)c2ccccc2)cc1C. The highest BCUT2D eigenvalue weighted by atomic mass is 32.2. The number of hydrogen-bond acceptors (Lipinski definition) is 5. The Morgan fingerprint density at radius 2 is 1.85 bits per heavy atom. The van der Waals surface area contributed by atoms with Gasteiger partial charge >= 0.3 is 0 Å². The fourth-order valence-corrected chi connectivity index (χ4v) is 3.43. The monoisotopic (exact) mass is 367 g/mol. The Morgan fingerprint density at radius 1 is 1.12 bits per heavy atom. The molecule has 0 saturated heterocycles. The lowest BCUT2D eigenvalue weighted by Gasteiger charge is -2.20. The van der Waals surface area contributed by atoms with Crippen LogP contribution in [0.1, 0.15) is 18.1 Å². The van der Waals surface area contributed by atoms with Crippen molar-refractivity contribution in [1.82, 2.24) is 20.2 Å². The minimum absolute atomic E-state index is 0.00385. The third kappa shape index (κ3) is 3.77. The van der Waals surface area contributed by atoms with E-state index < -0.39 is 0 Å². The van der Waals surface area contributed by atoms with Crippen LogP contribution in [0.5, 0.6) is 0 Å². The maximum atomic E-state index is 12.7. The quantitative estimate of drug-likeness (QED) is 0.647. The highest BCUT2D eigenvalue weighted by molar-refractivity contribution is 8.00. The van der Waals surface area contributed by atoms with E-state index in [1.54, 1.807) is 16.6 Å². The number of thioether (sulfide) groups is 1. The normalized spacial score (nSPS) is 12.0. The Bertz CT molecular complexity index is 909. The van der Waals surface area contributed by atoms with Gasteiger partial charge in [0.05, 0.1) is 10.9 Å². The number of nitrogens with zero attached hydrogens (tertiary/aromatic N) is 5. The molecule has 0 aliphatic heterocycles. The van der Waals surface area contributed by atoms with E-state index in [2.05, 4.69) is 29.4 Å². The molecule has 0 spiro atoms. The van der Waals surface area contributed by atoms with Crippen molar-refractivity contribution in [3.05, 3.63) is 59.7 Å². The van der Waals surface area contributed by atoms with Gasteiger partial charge in [0.1, 0.15) is 0 Å². The molecule has 6 nitrogen and oxygen atoms in total. The Hall–Kier alpha value is -2.67. The van der Waals surface area contributed by atoms with Crippen molar-refractivity contribution < 1.29 is 4.79 Å². The summed E-state index contributed by atoms with van der Waals surface area (Å²) in [4.78, 5) is 14.4. The molecule has 3 aromatic rings. The van der Waals surface area contributed by atoms with Gasteiger partial charge in [-0.1, -0.05) is 36.0 Å². The molecule has 0 radical (unpaired) electrons. The highest BCUT2D eigenvalue weighted by Gasteiger charge is 2.23. The van der Waals surface area contributed by atoms with Crippen LogP contribution in [-0.2, 0) is 4.79 Å². The average molecular weight is 367 g/mol. The zero-order valence-corrected chi connectivity index (χ0v) is 16.1. The Labute approximate surface area is 157 Å². The van der Waals surface area contributed by atoms with Crippen molar-refractivity contribution in [3.63, 3.8) is 0 Å². The molecule has 2 aromatic carbocycles. The Morgan fingerprint density at radius 3 is 2.54 bits per heavy atom. The standard InChI is InChI=1S/C19H21N5OS/c1-13-10-11-17(12-14(13)2)24-19(20-21-22-24)26-15(3)18(25)23(4)16-8-6-5-7-9-16/h5-12,15H,1-4H3/t15-/m1/s1. The summed E-state index contributed by atoms with van der Waals surface area (Å²) >= 11 is 1.35. The molecule has 0 aliphatic rings. The van der Waals surface area contributed by atoms with Gasteiger partial charge in [0, 0.05) is 12.7 Å². The van der Waals surface area contributed by atoms with Crippen molar-refractivity contribution in [1.29, 1.82) is 0 Å². The largest absolute Gasteiger partial charge is 0.315 e. The van der Waals surface area contributed by atoms with Crippen LogP contribution in [0.25, 0.3) is 5.69 Å². The topological polar surface area (TPSA) is 63.9 Å². The van der Waals surface area contributed by atoms with E-state index in [-0.39, 0.29) is 11.2 Å². The van der Waals surface area contributed by atoms with Crippen molar-refractivity contribution in [2.75, 3.05) is 11.9 Å². The van der Waals surface area contributed by atoms with Crippen LogP contribution < -0.4 is 4.90 Å². The molecule has 1 amide bonds. The van der Waals surface area contributed by atoms with Crippen molar-refractivity contribution in [3.8, 4) is 5.69 Å². The molecule has 7 heteroatoms. The van der Waals surface area contributed by atoms with Crippen LogP contribution in [0.3, 0.4) is 0 Å². The molecular formula is C19H21N5OS. The molecule has 0 fully saturated rings. The van der Waals surface area contributed by atoms with Gasteiger partial charge in [-0.3, -0.25) is 4.79 Å². The number of benzene rings is 2. The molecule has 0 unspecified atom stereocenters. The molecule has 0 N–H and O–H groups in total. The highest BCUT2D eigenvalue weighted by Crippen LogP contribution is 2.26. The van der Waals surface area contributed by atoms with Crippen LogP contribution >= 0.6 is 11.8 Å². The Kier molecular flexibility index (Phi) is 5.37. The van der Waals surface area contributed by atoms with E-state index in [1.807, 2.05) is 55.5 Å². The van der Waals surface area contributed by atoms with E-state index in [4.69, 9.17) is 0 Å². The predicted molar refractivity (Wildman–Crippen MR) is 104 cm³/mol. The molecule has 134 valence electrons. The minimum atomic E-state index is -0.323. The number of aryl methyl sites for hydroxylation is 2. The average Bonchev–Trinajstić information content (AvgIpc) is 3.11. The summed E-state index contributed by atoms with van der Waals surface area (Å²) in [5, 5.41) is 12.2. The Balaban J connectivity index is 1.78. The van der Waals surface area contributed by atoms with Crippen LogP contribution in [-0.4, -0.2) is 38.4 Å². The summed E-state index contributed by atoms with van der Waals surface area (Å²) in [6.45, 7) is 5.98. The van der Waals surface area contributed by atoms with E-state index in [1.165, 1.54) is 22.9 Å². The molecular weight excluding hydrogens is 346 g/mol. The second kappa shape index (κ2) is 7.70. The smallest absolute Gasteiger partial charge is 0.240 e. The number of hydrogen-bond donors (Lipinski definition) is 0. The lowest BCUT2D eigenvalue weighted by Crippen LogP contribution is -2.33. The van der Waals surface area contributed by atoms with Gasteiger partial charge in [-0.2, -0.15) is 4.68 Å². The number of amides is 1. The fourth-order valence-electron chi connectivity index (χ4n) is 2.53. The summed E-state index contributed by atoms with van der Waals surface area (Å²) in [5.74, 6) is -0.00385. The number of rotatable bonds is 5. The van der Waals surface area contributed by atoms with E-state index >= 15 is 0 Å². The van der Waals surface area contributed by atoms with E-state index in [9.17, 15) is 4.79 Å². The number of tetrazole rings is 1. The van der Waals surface area contributed by atoms with Gasteiger partial charge in [0.15, 0.2) is 0 Å². The zero-order chi connectivity index (χ0) is 18.7. The molecule has 1 aromatic heterocycles. The number of anilines is 1. The molecule has 0 bridgehead atoms. The first-order valence-electron chi connectivity index (χ1n) is 8.32. The summed E-state index contributed by atoms with van der Waals surface area (Å²) < 4.78 is 1.67. The van der Waals surface area contributed by atoms with Crippen molar-refractivity contribution >= 4 is 23.4 Å². The first kappa shape index (κ1) is 18.1. The molecule has 26 heavy (non-hydrogen) atoms. The molecule has 1 atom stereocenters. The van der Waals surface area contributed by atoms with Crippen LogP contribution in [0.4, 0.5) is 5.69 Å². The van der Waals surface area contributed by atoms with Gasteiger partial charge in [-0.25, -0.2) is 0 Å². The van der Waals surface area contributed by atoms with Gasteiger partial charge in [0.25, 0.3) is 0 Å². The minimum Gasteiger partial charge on any atom is -0.315 e. The number of carbonyl (C=O) groups is 1. The van der Waals surface area contributed by atoms with Crippen molar-refractivity contribution in [2.24, 2.45) is 0 Å². The van der Waals surface area contributed by atoms with Crippen molar-refractivity contribution in [2.45, 2.75) is 31.2 Å². The van der Waals surface area contributed by atoms with E-state index in [0.29, 0.717) is 5.16 Å². The fraction of sp³-hybridized carbons (Fsp3) is 0.263. The third-order valence-corrected chi connectivity index (χ3v) is 5.30. The number of aromatic nitrogens is 4. The molecule has 0 saturated carbocycles. The van der Waals surface area contributed by atoms with Gasteiger partial charge in [0.2, 0.25) is 11.1 Å². The first-order valence-corrected chi connectivity index (χ1v) is 9.20. The lowest BCUT2D eigenvalue weighted by atomic mass is 10.1.